The van der Waals surface area contributed by atoms with E-state index in [1.807, 2.05) is 31.3 Å². The molecular formula is C16H16N4O2. The zero-order valence-electron chi connectivity index (χ0n) is 12.3. The molecule has 6 nitrogen and oxygen atoms in total. The Balaban J connectivity index is 1.52. The third-order valence-electron chi connectivity index (χ3n) is 3.82. The lowest BCUT2D eigenvalue weighted by Crippen LogP contribution is -2.31. The van der Waals surface area contributed by atoms with Crippen molar-refractivity contribution in [3.63, 3.8) is 0 Å². The highest BCUT2D eigenvalue weighted by Gasteiger charge is 2.20. The second kappa shape index (κ2) is 5.38. The van der Waals surface area contributed by atoms with Crippen molar-refractivity contribution < 1.29 is 8.94 Å². The van der Waals surface area contributed by atoms with Crippen LogP contribution in [0.5, 0.6) is 0 Å². The zero-order chi connectivity index (χ0) is 14.9. The van der Waals surface area contributed by atoms with Gasteiger partial charge in [-0.25, -0.2) is 9.97 Å². The Hall–Kier alpha value is -2.47. The van der Waals surface area contributed by atoms with Crippen molar-refractivity contribution >= 4 is 0 Å². The average Bonchev–Trinajstić information content (AvgIpc) is 3.19. The summed E-state index contributed by atoms with van der Waals surface area (Å²) in [4.78, 5) is 11.4. The highest BCUT2D eigenvalue weighted by molar-refractivity contribution is 5.46. The Bertz CT molecular complexity index is 779. The van der Waals surface area contributed by atoms with E-state index in [4.69, 9.17) is 8.94 Å². The van der Waals surface area contributed by atoms with Crippen molar-refractivity contribution in [2.75, 3.05) is 6.54 Å². The van der Waals surface area contributed by atoms with Crippen LogP contribution in [0.1, 0.15) is 22.7 Å². The number of fused-ring (bicyclic) bond motifs is 1. The fraction of sp³-hybridized carbons (Fsp3) is 0.312. The van der Waals surface area contributed by atoms with Crippen LogP contribution in [0.15, 0.2) is 39.6 Å². The molecule has 0 radical (unpaired) electrons. The van der Waals surface area contributed by atoms with Gasteiger partial charge in [0.2, 0.25) is 0 Å². The molecule has 0 unspecified atom stereocenters. The van der Waals surface area contributed by atoms with E-state index in [-0.39, 0.29) is 0 Å². The van der Waals surface area contributed by atoms with Gasteiger partial charge in [-0.1, -0.05) is 5.16 Å². The monoisotopic (exact) mass is 296 g/mol. The van der Waals surface area contributed by atoms with Gasteiger partial charge in [-0.3, -0.25) is 4.90 Å². The molecule has 0 spiro atoms. The molecule has 112 valence electrons. The smallest absolute Gasteiger partial charge is 0.195 e. The summed E-state index contributed by atoms with van der Waals surface area (Å²) < 4.78 is 10.5. The summed E-state index contributed by atoms with van der Waals surface area (Å²) in [6.07, 6.45) is 4.45. The molecule has 4 rings (SSSR count). The lowest BCUT2D eigenvalue weighted by atomic mass is 10.1. The molecule has 4 heterocycles. The molecule has 0 aliphatic carbocycles. The summed E-state index contributed by atoms with van der Waals surface area (Å²) in [7, 11) is 0. The number of hydrogen-bond acceptors (Lipinski definition) is 6. The van der Waals surface area contributed by atoms with Crippen LogP contribution >= 0.6 is 0 Å². The second-order valence-electron chi connectivity index (χ2n) is 5.53. The minimum absolute atomic E-state index is 0.657. The first-order valence-electron chi connectivity index (χ1n) is 7.31. The van der Waals surface area contributed by atoms with Crippen molar-refractivity contribution in [2.45, 2.75) is 26.4 Å². The van der Waals surface area contributed by atoms with Crippen molar-refractivity contribution in [3.05, 3.63) is 53.4 Å². The van der Waals surface area contributed by atoms with Gasteiger partial charge in [-0.15, -0.1) is 0 Å². The van der Waals surface area contributed by atoms with Crippen LogP contribution in [0, 0.1) is 6.92 Å². The minimum atomic E-state index is 0.657. The molecule has 3 aromatic rings. The van der Waals surface area contributed by atoms with Crippen LogP contribution in [0.3, 0.4) is 0 Å². The van der Waals surface area contributed by atoms with Gasteiger partial charge >= 0.3 is 0 Å². The topological polar surface area (TPSA) is 68.2 Å². The maximum absolute atomic E-state index is 5.36. The quantitative estimate of drug-likeness (QED) is 0.740. The molecule has 0 atom stereocenters. The van der Waals surface area contributed by atoms with Crippen LogP contribution in [-0.4, -0.2) is 26.6 Å². The fourth-order valence-electron chi connectivity index (χ4n) is 2.76. The van der Waals surface area contributed by atoms with Gasteiger partial charge in [0.15, 0.2) is 11.6 Å². The van der Waals surface area contributed by atoms with Crippen LogP contribution in [0.25, 0.3) is 11.6 Å². The van der Waals surface area contributed by atoms with Gasteiger partial charge in [-0.05, 0) is 19.1 Å². The molecule has 1 aliphatic heterocycles. The molecule has 0 saturated heterocycles. The Morgan fingerprint density at radius 1 is 1.36 bits per heavy atom. The highest BCUT2D eigenvalue weighted by atomic mass is 16.5. The van der Waals surface area contributed by atoms with E-state index >= 15 is 0 Å². The van der Waals surface area contributed by atoms with Crippen molar-refractivity contribution in [1.82, 2.24) is 20.0 Å². The summed E-state index contributed by atoms with van der Waals surface area (Å²) in [5, 5.41) is 4.05. The van der Waals surface area contributed by atoms with E-state index in [2.05, 4.69) is 20.0 Å². The van der Waals surface area contributed by atoms with E-state index in [9.17, 15) is 0 Å². The van der Waals surface area contributed by atoms with Crippen LogP contribution in [0.2, 0.25) is 0 Å². The van der Waals surface area contributed by atoms with Gasteiger partial charge in [0.05, 0.1) is 17.7 Å². The Morgan fingerprint density at radius 2 is 2.32 bits per heavy atom. The molecule has 6 heteroatoms. The lowest BCUT2D eigenvalue weighted by molar-refractivity contribution is 0.235. The molecule has 0 saturated carbocycles. The highest BCUT2D eigenvalue weighted by Crippen LogP contribution is 2.22. The molecule has 0 aromatic carbocycles. The average molecular weight is 296 g/mol. The molecule has 0 bridgehead atoms. The Kier molecular flexibility index (Phi) is 3.23. The third kappa shape index (κ3) is 2.53. The van der Waals surface area contributed by atoms with E-state index in [0.29, 0.717) is 11.6 Å². The number of furan rings is 1. The number of nitrogens with zero attached hydrogens (tertiary/aromatic N) is 4. The maximum atomic E-state index is 5.36. The zero-order valence-corrected chi connectivity index (χ0v) is 12.3. The maximum Gasteiger partial charge on any atom is 0.195 e. The van der Waals surface area contributed by atoms with E-state index in [1.54, 1.807) is 6.26 Å². The summed E-state index contributed by atoms with van der Waals surface area (Å²) in [6.45, 7) is 4.48. The van der Waals surface area contributed by atoms with Gasteiger partial charge in [0, 0.05) is 43.9 Å². The Morgan fingerprint density at radius 3 is 3.09 bits per heavy atom. The molecule has 1 aliphatic rings. The van der Waals surface area contributed by atoms with Crippen LogP contribution in [0.4, 0.5) is 0 Å². The summed E-state index contributed by atoms with van der Waals surface area (Å²) >= 11 is 0. The minimum Gasteiger partial charge on any atom is -0.461 e. The first-order chi connectivity index (χ1) is 10.8. The first-order valence-corrected chi connectivity index (χ1v) is 7.31. The molecular weight excluding hydrogens is 280 g/mol. The van der Waals surface area contributed by atoms with Gasteiger partial charge in [0.1, 0.15) is 5.76 Å². The van der Waals surface area contributed by atoms with Gasteiger partial charge in [-0.2, -0.15) is 0 Å². The van der Waals surface area contributed by atoms with E-state index in [0.717, 1.165) is 43.2 Å². The molecule has 0 N–H and O–H groups in total. The number of aryl methyl sites for hydroxylation is 1. The fourth-order valence-corrected chi connectivity index (χ4v) is 2.76. The first kappa shape index (κ1) is 13.2. The van der Waals surface area contributed by atoms with Crippen molar-refractivity contribution in [2.24, 2.45) is 0 Å². The normalized spacial score (nSPS) is 15.0. The number of aromatic nitrogens is 3. The predicted molar refractivity (Wildman–Crippen MR) is 78.8 cm³/mol. The molecule has 0 fully saturated rings. The summed E-state index contributed by atoms with van der Waals surface area (Å²) in [6, 6.07) is 5.70. The van der Waals surface area contributed by atoms with E-state index < -0.39 is 0 Å². The van der Waals surface area contributed by atoms with Crippen LogP contribution < -0.4 is 0 Å². The van der Waals surface area contributed by atoms with Crippen molar-refractivity contribution in [3.8, 4) is 11.6 Å². The largest absolute Gasteiger partial charge is 0.461 e. The van der Waals surface area contributed by atoms with Gasteiger partial charge < -0.3 is 8.94 Å². The predicted octanol–water partition coefficient (Wildman–Crippen LogP) is 2.59. The standard InChI is InChI=1S/C16H16N4O2/c1-11-7-13(19-22-11)10-20-5-4-14-12(9-20)8-17-16(18-14)15-3-2-6-21-15/h2-3,6-8H,4-5,9-10H2,1H3. The summed E-state index contributed by atoms with van der Waals surface area (Å²) in [5.41, 5.74) is 3.24. The molecule has 0 amide bonds. The van der Waals surface area contributed by atoms with E-state index in [1.165, 1.54) is 5.56 Å². The third-order valence-corrected chi connectivity index (χ3v) is 3.82. The summed E-state index contributed by atoms with van der Waals surface area (Å²) in [5.74, 6) is 2.21. The SMILES string of the molecule is Cc1cc(CN2CCc3nc(-c4ccco4)ncc3C2)no1. The lowest BCUT2D eigenvalue weighted by Gasteiger charge is -2.27. The number of hydrogen-bond donors (Lipinski definition) is 0. The second-order valence-corrected chi connectivity index (χ2v) is 5.53. The molecule has 22 heavy (non-hydrogen) atoms. The van der Waals surface area contributed by atoms with Crippen LogP contribution in [-0.2, 0) is 19.5 Å². The number of rotatable bonds is 3. The molecule has 3 aromatic heterocycles. The Labute approximate surface area is 127 Å². The van der Waals surface area contributed by atoms with Crippen molar-refractivity contribution in [1.29, 1.82) is 0 Å². The van der Waals surface area contributed by atoms with Gasteiger partial charge in [0.25, 0.3) is 0 Å².